The van der Waals surface area contributed by atoms with Gasteiger partial charge >= 0.3 is 0 Å². The number of ether oxygens (including phenoxy) is 1. The third-order valence-electron chi connectivity index (χ3n) is 2.91. The summed E-state index contributed by atoms with van der Waals surface area (Å²) in [6.45, 7) is 6.58. The lowest BCUT2D eigenvalue weighted by molar-refractivity contribution is 0.394. The summed E-state index contributed by atoms with van der Waals surface area (Å²) >= 11 is 3.33. The van der Waals surface area contributed by atoms with Gasteiger partial charge < -0.3 is 10.1 Å². The highest BCUT2D eigenvalue weighted by Crippen LogP contribution is 2.26. The van der Waals surface area contributed by atoms with Gasteiger partial charge in [-0.3, -0.25) is 0 Å². The summed E-state index contributed by atoms with van der Waals surface area (Å²) < 4.78 is 5.88. The van der Waals surface area contributed by atoms with Crippen molar-refractivity contribution in [1.82, 2.24) is 9.97 Å². The van der Waals surface area contributed by atoms with Crippen LogP contribution in [0.25, 0.3) is 0 Å². The summed E-state index contributed by atoms with van der Waals surface area (Å²) in [6.07, 6.45) is 1.66. The van der Waals surface area contributed by atoms with E-state index < -0.39 is 0 Å². The average Bonchev–Trinajstić information content (AvgIpc) is 2.40. The lowest BCUT2D eigenvalue weighted by atomic mass is 9.87. The molecule has 5 heteroatoms. The molecule has 0 aliphatic rings. The van der Waals surface area contributed by atoms with Crippen LogP contribution in [0.5, 0.6) is 5.88 Å². The molecule has 0 saturated carbocycles. The molecular formula is C15H18BrN3O. The molecule has 0 fully saturated rings. The van der Waals surface area contributed by atoms with E-state index in [1.54, 1.807) is 13.3 Å². The smallest absolute Gasteiger partial charge is 0.232 e. The number of halogens is 1. The molecule has 106 valence electrons. The minimum absolute atomic E-state index is 0.149. The minimum Gasteiger partial charge on any atom is -0.480 e. The Morgan fingerprint density at radius 3 is 2.35 bits per heavy atom. The molecular weight excluding hydrogens is 318 g/mol. The molecule has 2 rings (SSSR count). The van der Waals surface area contributed by atoms with Crippen molar-refractivity contribution >= 4 is 27.6 Å². The van der Waals surface area contributed by atoms with E-state index >= 15 is 0 Å². The fourth-order valence-corrected chi connectivity index (χ4v) is 2.09. The zero-order valence-electron chi connectivity index (χ0n) is 12.1. The summed E-state index contributed by atoms with van der Waals surface area (Å²) in [7, 11) is 1.58. The average molecular weight is 336 g/mol. The lowest BCUT2D eigenvalue weighted by Crippen LogP contribution is -2.10. The van der Waals surface area contributed by atoms with Gasteiger partial charge in [0.15, 0.2) is 0 Å². The van der Waals surface area contributed by atoms with Gasteiger partial charge in [0.25, 0.3) is 0 Å². The van der Waals surface area contributed by atoms with Gasteiger partial charge in [0.1, 0.15) is 0 Å². The third-order valence-corrected chi connectivity index (χ3v) is 3.46. The van der Waals surface area contributed by atoms with E-state index in [1.807, 2.05) is 12.1 Å². The summed E-state index contributed by atoms with van der Waals surface area (Å²) in [4.78, 5) is 8.47. The quantitative estimate of drug-likeness (QED) is 0.908. The topological polar surface area (TPSA) is 47.0 Å². The highest BCUT2D eigenvalue weighted by atomic mass is 79.9. The van der Waals surface area contributed by atoms with E-state index in [2.05, 4.69) is 64.1 Å². The largest absolute Gasteiger partial charge is 0.480 e. The van der Waals surface area contributed by atoms with E-state index in [0.29, 0.717) is 11.8 Å². The van der Waals surface area contributed by atoms with Crippen LogP contribution in [0.2, 0.25) is 0 Å². The molecule has 0 saturated heterocycles. The molecule has 2 aromatic rings. The van der Waals surface area contributed by atoms with E-state index in [4.69, 9.17) is 4.74 Å². The maximum Gasteiger partial charge on any atom is 0.232 e. The molecule has 0 radical (unpaired) electrons. The fourth-order valence-electron chi connectivity index (χ4n) is 1.74. The molecule has 4 nitrogen and oxygen atoms in total. The number of benzene rings is 1. The van der Waals surface area contributed by atoms with E-state index in [-0.39, 0.29) is 5.41 Å². The van der Waals surface area contributed by atoms with E-state index in [0.717, 1.165) is 10.2 Å². The van der Waals surface area contributed by atoms with Crippen molar-refractivity contribution in [2.75, 3.05) is 12.4 Å². The molecule has 0 aliphatic heterocycles. The molecule has 0 bridgehead atoms. The van der Waals surface area contributed by atoms with Crippen LogP contribution in [-0.2, 0) is 5.41 Å². The first-order valence-corrected chi connectivity index (χ1v) is 7.13. The fraction of sp³-hybridized carbons (Fsp3) is 0.333. The first kappa shape index (κ1) is 14.8. The molecule has 1 heterocycles. The second kappa shape index (κ2) is 5.79. The van der Waals surface area contributed by atoms with Crippen molar-refractivity contribution in [2.24, 2.45) is 0 Å². The monoisotopic (exact) mass is 335 g/mol. The van der Waals surface area contributed by atoms with Crippen LogP contribution in [0.4, 0.5) is 11.6 Å². The summed E-state index contributed by atoms with van der Waals surface area (Å²) in [6, 6.07) is 8.27. The normalized spacial score (nSPS) is 11.2. The summed E-state index contributed by atoms with van der Waals surface area (Å²) in [5, 5.41) is 3.16. The zero-order valence-corrected chi connectivity index (χ0v) is 13.7. The lowest BCUT2D eigenvalue weighted by Gasteiger charge is -2.19. The molecule has 0 unspecified atom stereocenters. The van der Waals surface area contributed by atoms with Gasteiger partial charge in [0.05, 0.1) is 17.8 Å². The van der Waals surface area contributed by atoms with Gasteiger partial charge in [-0.1, -0.05) is 32.9 Å². The minimum atomic E-state index is 0.149. The van der Waals surface area contributed by atoms with Crippen LogP contribution in [0.15, 0.2) is 34.9 Å². The number of hydrogen-bond acceptors (Lipinski definition) is 4. The van der Waals surface area contributed by atoms with Crippen molar-refractivity contribution in [3.63, 3.8) is 0 Å². The maximum absolute atomic E-state index is 5.15. The van der Waals surface area contributed by atoms with Gasteiger partial charge in [-0.15, -0.1) is 0 Å². The number of nitrogens with one attached hydrogen (secondary N) is 1. The molecule has 0 amide bonds. The maximum atomic E-state index is 5.15. The Morgan fingerprint density at radius 2 is 1.80 bits per heavy atom. The predicted octanol–water partition coefficient (Wildman–Crippen LogP) is 4.29. The zero-order chi connectivity index (χ0) is 14.8. The molecule has 0 aliphatic carbocycles. The van der Waals surface area contributed by atoms with E-state index in [9.17, 15) is 0 Å². The van der Waals surface area contributed by atoms with Crippen molar-refractivity contribution in [1.29, 1.82) is 0 Å². The number of nitrogens with zero attached hydrogens (tertiary/aromatic N) is 2. The van der Waals surface area contributed by atoms with Crippen molar-refractivity contribution < 1.29 is 4.74 Å². The van der Waals surface area contributed by atoms with Gasteiger partial charge in [-0.05, 0) is 39.0 Å². The van der Waals surface area contributed by atoms with Crippen LogP contribution < -0.4 is 10.1 Å². The van der Waals surface area contributed by atoms with Crippen molar-refractivity contribution in [2.45, 2.75) is 26.2 Å². The molecule has 1 aromatic heterocycles. The van der Waals surface area contributed by atoms with Crippen molar-refractivity contribution in [3.8, 4) is 5.88 Å². The molecule has 20 heavy (non-hydrogen) atoms. The van der Waals surface area contributed by atoms with E-state index in [1.165, 1.54) is 5.56 Å². The first-order valence-electron chi connectivity index (χ1n) is 6.34. The number of methoxy groups -OCH3 is 1. The van der Waals surface area contributed by atoms with Crippen molar-refractivity contribution in [3.05, 3.63) is 40.5 Å². The van der Waals surface area contributed by atoms with Crippen LogP contribution in [-0.4, -0.2) is 17.1 Å². The number of anilines is 2. The van der Waals surface area contributed by atoms with Crippen LogP contribution in [0, 0.1) is 0 Å². The molecule has 1 N–H and O–H groups in total. The Balaban J connectivity index is 2.18. The Bertz CT molecular complexity index is 591. The molecule has 1 aromatic carbocycles. The van der Waals surface area contributed by atoms with Gasteiger partial charge in [-0.25, -0.2) is 4.98 Å². The van der Waals surface area contributed by atoms with Crippen LogP contribution in [0.1, 0.15) is 26.3 Å². The standard InChI is InChI=1S/C15H18BrN3O/c1-15(2,3)10-5-7-11(8-6-10)18-14-17-9-12(16)13(19-14)20-4/h5-9H,1-4H3,(H,17,18,19). The van der Waals surface area contributed by atoms with Crippen LogP contribution >= 0.6 is 15.9 Å². The number of aromatic nitrogens is 2. The Hall–Kier alpha value is -1.62. The second-order valence-corrected chi connectivity index (χ2v) is 6.36. The number of rotatable bonds is 3. The molecule has 0 atom stereocenters. The third kappa shape index (κ3) is 3.48. The Kier molecular flexibility index (Phi) is 4.28. The Morgan fingerprint density at radius 1 is 1.15 bits per heavy atom. The van der Waals surface area contributed by atoms with Gasteiger partial charge in [0, 0.05) is 5.69 Å². The van der Waals surface area contributed by atoms with Crippen LogP contribution in [0.3, 0.4) is 0 Å². The highest BCUT2D eigenvalue weighted by Gasteiger charge is 2.13. The second-order valence-electron chi connectivity index (χ2n) is 5.50. The summed E-state index contributed by atoms with van der Waals surface area (Å²) in [5.41, 5.74) is 2.38. The highest BCUT2D eigenvalue weighted by molar-refractivity contribution is 9.10. The van der Waals surface area contributed by atoms with Gasteiger partial charge in [-0.2, -0.15) is 4.98 Å². The molecule has 0 spiro atoms. The SMILES string of the molecule is COc1nc(Nc2ccc(C(C)(C)C)cc2)ncc1Br. The summed E-state index contributed by atoms with van der Waals surface area (Å²) in [5.74, 6) is 1.02. The first-order chi connectivity index (χ1) is 9.40. The van der Waals surface area contributed by atoms with Gasteiger partial charge in [0.2, 0.25) is 11.8 Å². The number of hydrogen-bond donors (Lipinski definition) is 1. The predicted molar refractivity (Wildman–Crippen MR) is 84.7 cm³/mol. The Labute approximate surface area is 127 Å².